The fraction of sp³-hybridized carbons (Fsp3) is 1.00. The lowest BCUT2D eigenvalue weighted by atomic mass is 9.82. The first kappa shape index (κ1) is 13.9. The van der Waals surface area contributed by atoms with Gasteiger partial charge in [-0.2, -0.15) is 0 Å². The summed E-state index contributed by atoms with van der Waals surface area (Å²) in [5.74, 6) is 0. The van der Waals surface area contributed by atoms with Crippen LogP contribution < -0.4 is 5.32 Å². The first-order valence-electron chi connectivity index (χ1n) is 6.69. The van der Waals surface area contributed by atoms with Crippen LogP contribution in [0.3, 0.4) is 0 Å². The van der Waals surface area contributed by atoms with Crippen LogP contribution in [-0.4, -0.2) is 35.5 Å². The maximum Gasteiger partial charge on any atom is 0.0693 e. The highest BCUT2D eigenvalue weighted by molar-refractivity contribution is 4.85. The molecule has 96 valence electrons. The van der Waals surface area contributed by atoms with E-state index in [0.29, 0.717) is 0 Å². The summed E-state index contributed by atoms with van der Waals surface area (Å²) in [5, 5.41) is 22.8. The predicted octanol–water partition coefficient (Wildman–Crippen LogP) is 1.68. The molecule has 0 amide bonds. The van der Waals surface area contributed by atoms with Crippen molar-refractivity contribution in [3.63, 3.8) is 0 Å². The van der Waals surface area contributed by atoms with Gasteiger partial charge >= 0.3 is 0 Å². The van der Waals surface area contributed by atoms with Gasteiger partial charge in [-0.05, 0) is 25.7 Å². The van der Waals surface area contributed by atoms with Crippen LogP contribution in [0.2, 0.25) is 0 Å². The summed E-state index contributed by atoms with van der Waals surface area (Å²) in [4.78, 5) is 0. The largest absolute Gasteiger partial charge is 0.396 e. The second kappa shape index (κ2) is 6.58. The van der Waals surface area contributed by atoms with Gasteiger partial charge in [-0.3, -0.25) is 0 Å². The SMILES string of the molecule is CCC(CC)(CO)CN[C@@H]1CCCC[C@H]1O. The van der Waals surface area contributed by atoms with Crippen molar-refractivity contribution in [3.8, 4) is 0 Å². The topological polar surface area (TPSA) is 52.5 Å². The van der Waals surface area contributed by atoms with Crippen LogP contribution >= 0.6 is 0 Å². The van der Waals surface area contributed by atoms with Crippen LogP contribution in [0.5, 0.6) is 0 Å². The van der Waals surface area contributed by atoms with Gasteiger partial charge in [0.2, 0.25) is 0 Å². The van der Waals surface area contributed by atoms with E-state index < -0.39 is 0 Å². The highest BCUT2D eigenvalue weighted by atomic mass is 16.3. The number of hydrogen-bond donors (Lipinski definition) is 3. The molecule has 0 aromatic rings. The molecule has 0 aromatic carbocycles. The van der Waals surface area contributed by atoms with Gasteiger partial charge in [-0.15, -0.1) is 0 Å². The Morgan fingerprint density at radius 2 is 1.81 bits per heavy atom. The van der Waals surface area contributed by atoms with Crippen LogP contribution in [0, 0.1) is 5.41 Å². The van der Waals surface area contributed by atoms with E-state index in [4.69, 9.17) is 0 Å². The van der Waals surface area contributed by atoms with E-state index in [1.54, 1.807) is 0 Å². The Hall–Kier alpha value is -0.120. The van der Waals surface area contributed by atoms with E-state index in [0.717, 1.165) is 38.6 Å². The van der Waals surface area contributed by atoms with Crippen LogP contribution in [0.1, 0.15) is 52.4 Å². The summed E-state index contributed by atoms with van der Waals surface area (Å²) in [6.45, 7) is 5.30. The average Bonchev–Trinajstić information content (AvgIpc) is 2.34. The van der Waals surface area contributed by atoms with E-state index in [1.165, 1.54) is 6.42 Å². The summed E-state index contributed by atoms with van der Waals surface area (Å²) >= 11 is 0. The molecule has 0 aromatic heterocycles. The molecule has 1 fully saturated rings. The van der Waals surface area contributed by atoms with Crippen LogP contribution in [0.25, 0.3) is 0 Å². The monoisotopic (exact) mass is 229 g/mol. The van der Waals surface area contributed by atoms with E-state index >= 15 is 0 Å². The summed E-state index contributed by atoms with van der Waals surface area (Å²) in [6, 6.07) is 0.234. The van der Waals surface area contributed by atoms with Gasteiger partial charge in [-0.1, -0.05) is 26.7 Å². The molecule has 3 nitrogen and oxygen atoms in total. The molecule has 0 unspecified atom stereocenters. The third-order valence-corrected chi connectivity index (χ3v) is 4.30. The summed E-state index contributed by atoms with van der Waals surface area (Å²) in [7, 11) is 0. The van der Waals surface area contributed by atoms with Crippen molar-refractivity contribution in [1.29, 1.82) is 0 Å². The normalized spacial score (nSPS) is 27.0. The molecule has 0 radical (unpaired) electrons. The lowest BCUT2D eigenvalue weighted by molar-refractivity contribution is 0.0659. The van der Waals surface area contributed by atoms with Crippen molar-refractivity contribution < 1.29 is 10.2 Å². The van der Waals surface area contributed by atoms with E-state index in [9.17, 15) is 10.2 Å². The van der Waals surface area contributed by atoms with Gasteiger partial charge in [0.05, 0.1) is 6.10 Å². The van der Waals surface area contributed by atoms with Crippen LogP contribution in [0.4, 0.5) is 0 Å². The zero-order valence-corrected chi connectivity index (χ0v) is 10.7. The average molecular weight is 229 g/mol. The zero-order valence-electron chi connectivity index (χ0n) is 10.7. The highest BCUT2D eigenvalue weighted by Crippen LogP contribution is 2.26. The van der Waals surface area contributed by atoms with Crippen molar-refractivity contribution in [2.75, 3.05) is 13.2 Å². The number of aliphatic hydroxyl groups excluding tert-OH is 2. The number of aliphatic hydroxyl groups is 2. The third kappa shape index (κ3) is 3.44. The molecule has 1 rings (SSSR count). The van der Waals surface area contributed by atoms with Gasteiger partial charge in [0.15, 0.2) is 0 Å². The minimum atomic E-state index is -0.196. The molecular formula is C13H27NO2. The molecule has 3 heteroatoms. The molecule has 0 bridgehead atoms. The molecule has 0 aliphatic heterocycles. The fourth-order valence-corrected chi connectivity index (χ4v) is 2.48. The van der Waals surface area contributed by atoms with Crippen molar-refractivity contribution in [2.24, 2.45) is 5.41 Å². The van der Waals surface area contributed by atoms with Crippen molar-refractivity contribution >= 4 is 0 Å². The van der Waals surface area contributed by atoms with Crippen molar-refractivity contribution in [1.82, 2.24) is 5.32 Å². The lowest BCUT2D eigenvalue weighted by Crippen LogP contribution is -2.47. The van der Waals surface area contributed by atoms with E-state index in [1.807, 2.05) is 0 Å². The number of rotatable bonds is 6. The maximum atomic E-state index is 9.86. The molecule has 2 atom stereocenters. The van der Waals surface area contributed by atoms with Gasteiger partial charge < -0.3 is 15.5 Å². The Bertz CT molecular complexity index is 184. The smallest absolute Gasteiger partial charge is 0.0693 e. The Morgan fingerprint density at radius 1 is 1.19 bits per heavy atom. The molecule has 1 aliphatic carbocycles. The molecular weight excluding hydrogens is 202 g/mol. The number of nitrogens with one attached hydrogen (secondary N) is 1. The fourth-order valence-electron chi connectivity index (χ4n) is 2.48. The van der Waals surface area contributed by atoms with Gasteiger partial charge in [-0.25, -0.2) is 0 Å². The summed E-state index contributed by atoms with van der Waals surface area (Å²) in [5.41, 5.74) is -0.00281. The lowest BCUT2D eigenvalue weighted by Gasteiger charge is -2.35. The second-order valence-electron chi connectivity index (χ2n) is 5.20. The van der Waals surface area contributed by atoms with E-state index in [-0.39, 0.29) is 24.2 Å². The summed E-state index contributed by atoms with van der Waals surface area (Å²) < 4.78 is 0. The summed E-state index contributed by atoms with van der Waals surface area (Å²) in [6.07, 6.45) is 6.11. The van der Waals surface area contributed by atoms with E-state index in [2.05, 4.69) is 19.2 Å². The van der Waals surface area contributed by atoms with Crippen LogP contribution in [0.15, 0.2) is 0 Å². The van der Waals surface area contributed by atoms with Crippen molar-refractivity contribution in [3.05, 3.63) is 0 Å². The van der Waals surface area contributed by atoms with Gasteiger partial charge in [0, 0.05) is 24.6 Å². The Balaban J connectivity index is 2.41. The molecule has 0 spiro atoms. The van der Waals surface area contributed by atoms with Crippen molar-refractivity contribution in [2.45, 2.75) is 64.5 Å². The quantitative estimate of drug-likeness (QED) is 0.649. The number of hydrogen-bond acceptors (Lipinski definition) is 3. The highest BCUT2D eigenvalue weighted by Gasteiger charge is 2.29. The Labute approximate surface area is 99.3 Å². The maximum absolute atomic E-state index is 9.86. The standard InChI is InChI=1S/C13H27NO2/c1-3-13(4-2,10-15)9-14-11-7-5-6-8-12(11)16/h11-12,14-16H,3-10H2,1-2H3/t11-,12-/m1/s1. The molecule has 1 saturated carbocycles. The minimum Gasteiger partial charge on any atom is -0.396 e. The molecule has 1 aliphatic rings. The first-order valence-corrected chi connectivity index (χ1v) is 6.69. The molecule has 0 saturated heterocycles. The Morgan fingerprint density at radius 3 is 2.31 bits per heavy atom. The Kier molecular flexibility index (Phi) is 5.73. The van der Waals surface area contributed by atoms with Crippen LogP contribution in [-0.2, 0) is 0 Å². The minimum absolute atomic E-state index is 0.00281. The zero-order chi connectivity index (χ0) is 12.0. The molecule has 3 N–H and O–H groups in total. The van der Waals surface area contributed by atoms with Gasteiger partial charge in [0.1, 0.15) is 0 Å². The predicted molar refractivity (Wildman–Crippen MR) is 66.4 cm³/mol. The van der Waals surface area contributed by atoms with Gasteiger partial charge in [0.25, 0.3) is 0 Å². The third-order valence-electron chi connectivity index (χ3n) is 4.30. The molecule has 0 heterocycles. The first-order chi connectivity index (χ1) is 7.67. The second-order valence-corrected chi connectivity index (χ2v) is 5.20. The molecule has 16 heavy (non-hydrogen) atoms.